The molecular weight excluding hydrogens is 202 g/mol. The van der Waals surface area contributed by atoms with Crippen molar-refractivity contribution in [3.63, 3.8) is 0 Å². The summed E-state index contributed by atoms with van der Waals surface area (Å²) in [7, 11) is 0. The van der Waals surface area contributed by atoms with Gasteiger partial charge in [0.25, 0.3) is 5.96 Å². The van der Waals surface area contributed by atoms with Crippen molar-refractivity contribution >= 4 is 22.8 Å². The average molecular weight is 216 g/mol. The fourth-order valence-corrected chi connectivity index (χ4v) is 1.63. The molecule has 0 spiro atoms. The van der Waals surface area contributed by atoms with Gasteiger partial charge in [-0.15, -0.1) is 9.97 Å². The molecule has 2 rings (SSSR count). The van der Waals surface area contributed by atoms with Gasteiger partial charge in [-0.1, -0.05) is 12.1 Å². The van der Waals surface area contributed by atoms with Crippen LogP contribution in [0.5, 0.6) is 0 Å². The topological polar surface area (TPSA) is 91.8 Å². The van der Waals surface area contributed by atoms with Crippen LogP contribution >= 0.6 is 0 Å². The molecule has 0 radical (unpaired) electrons. The molecule has 1 aromatic carbocycles. The smallest absolute Gasteiger partial charge is 0.323 e. The molecule has 5 heteroatoms. The Hall–Kier alpha value is -2.17. The van der Waals surface area contributed by atoms with Crippen molar-refractivity contribution in [2.75, 3.05) is 0 Å². The van der Waals surface area contributed by atoms with Gasteiger partial charge in [0.1, 0.15) is 5.52 Å². The average Bonchev–Trinajstić information content (AvgIpc) is 2.19. The number of hydrogen-bond donors (Lipinski definition) is 3. The number of hydrogen-bond acceptors (Lipinski definition) is 2. The Bertz CT molecular complexity index is 570. The highest BCUT2D eigenvalue weighted by Crippen LogP contribution is 2.18. The molecule has 0 amide bonds. The first-order valence-corrected chi connectivity index (χ1v) is 4.97. The van der Waals surface area contributed by atoms with Crippen molar-refractivity contribution in [1.82, 2.24) is 9.97 Å². The molecule has 0 aliphatic heterocycles. The molecule has 0 unspecified atom stereocenters. The van der Waals surface area contributed by atoms with E-state index >= 15 is 0 Å². The lowest BCUT2D eigenvalue weighted by Gasteiger charge is -2.00. The number of para-hydroxylation sites is 1. The number of nitrogens with one attached hydrogen (secondary N) is 1. The lowest BCUT2D eigenvalue weighted by atomic mass is 10.1. The zero-order chi connectivity index (χ0) is 11.7. The van der Waals surface area contributed by atoms with E-state index in [0.717, 1.165) is 22.2 Å². The summed E-state index contributed by atoms with van der Waals surface area (Å²) in [6, 6.07) is 6.00. The molecule has 5 nitrogen and oxygen atoms in total. The van der Waals surface area contributed by atoms with E-state index < -0.39 is 0 Å². The summed E-state index contributed by atoms with van der Waals surface area (Å²) in [5, 5.41) is 1.04. The Labute approximate surface area is 93.2 Å². The van der Waals surface area contributed by atoms with E-state index in [2.05, 4.69) is 15.0 Å². The van der Waals surface area contributed by atoms with Crippen LogP contribution in [0.4, 0.5) is 5.95 Å². The summed E-state index contributed by atoms with van der Waals surface area (Å²) in [5.74, 6) is 0.520. The van der Waals surface area contributed by atoms with Gasteiger partial charge in [-0.3, -0.25) is 0 Å². The number of aromatic nitrogens is 2. The lowest BCUT2D eigenvalue weighted by molar-refractivity contribution is -0.366. The van der Waals surface area contributed by atoms with Crippen LogP contribution in [-0.4, -0.2) is 15.9 Å². The minimum Gasteiger partial charge on any atom is -0.323 e. The van der Waals surface area contributed by atoms with Gasteiger partial charge < -0.3 is 11.5 Å². The summed E-state index contributed by atoms with van der Waals surface area (Å²) < 4.78 is 0. The maximum absolute atomic E-state index is 5.36. The fourth-order valence-electron chi connectivity index (χ4n) is 1.63. The number of fused-ring (bicyclic) bond motifs is 1. The van der Waals surface area contributed by atoms with Crippen LogP contribution in [0.3, 0.4) is 0 Å². The highest BCUT2D eigenvalue weighted by atomic mass is 15.1. The molecule has 1 aromatic heterocycles. The molecule has 0 bridgehead atoms. The van der Waals surface area contributed by atoms with Crippen molar-refractivity contribution < 1.29 is 4.99 Å². The fraction of sp³-hybridized carbons (Fsp3) is 0.182. The molecule has 0 fully saturated rings. The third kappa shape index (κ3) is 1.79. The van der Waals surface area contributed by atoms with Crippen LogP contribution in [0.2, 0.25) is 0 Å². The van der Waals surface area contributed by atoms with E-state index in [9.17, 15) is 0 Å². The monoisotopic (exact) mass is 216 g/mol. The quantitative estimate of drug-likeness (QED) is 0.431. The van der Waals surface area contributed by atoms with Crippen molar-refractivity contribution in [1.29, 1.82) is 0 Å². The van der Waals surface area contributed by atoms with Gasteiger partial charge in [0.2, 0.25) is 0 Å². The number of guanidine groups is 1. The molecule has 0 saturated carbocycles. The summed E-state index contributed by atoms with van der Waals surface area (Å²) in [6.07, 6.45) is 0. The van der Waals surface area contributed by atoms with E-state index in [4.69, 9.17) is 11.5 Å². The van der Waals surface area contributed by atoms with Crippen LogP contribution in [-0.2, 0) is 0 Å². The van der Waals surface area contributed by atoms with Gasteiger partial charge in [0.05, 0.1) is 5.69 Å². The first-order chi connectivity index (χ1) is 7.58. The van der Waals surface area contributed by atoms with E-state index in [1.54, 1.807) is 0 Å². The van der Waals surface area contributed by atoms with Crippen LogP contribution in [0, 0.1) is 13.8 Å². The predicted octanol–water partition coefficient (Wildman–Crippen LogP) is -0.768. The highest BCUT2D eigenvalue weighted by molar-refractivity contribution is 5.84. The van der Waals surface area contributed by atoms with E-state index in [-0.39, 0.29) is 5.96 Å². The van der Waals surface area contributed by atoms with E-state index in [0.29, 0.717) is 5.95 Å². The van der Waals surface area contributed by atoms with Crippen LogP contribution in [0.25, 0.3) is 10.9 Å². The van der Waals surface area contributed by atoms with E-state index in [1.165, 1.54) is 0 Å². The molecule has 2 aromatic rings. The van der Waals surface area contributed by atoms with Gasteiger partial charge in [-0.2, -0.15) is 0 Å². The molecule has 0 atom stereocenters. The van der Waals surface area contributed by atoms with Gasteiger partial charge in [-0.25, -0.2) is 4.99 Å². The Morgan fingerprint density at radius 2 is 1.94 bits per heavy atom. The van der Waals surface area contributed by atoms with Crippen LogP contribution < -0.4 is 16.5 Å². The second-order valence-corrected chi connectivity index (χ2v) is 3.68. The molecule has 5 N–H and O–H groups in total. The number of benzene rings is 1. The van der Waals surface area contributed by atoms with Crippen LogP contribution in [0.15, 0.2) is 18.2 Å². The normalized spacial score (nSPS) is 10.4. The van der Waals surface area contributed by atoms with Gasteiger partial charge in [-0.05, 0) is 25.5 Å². The second kappa shape index (κ2) is 3.77. The Morgan fingerprint density at radius 1 is 1.19 bits per heavy atom. The largest absolute Gasteiger partial charge is 0.354 e. The third-order valence-electron chi connectivity index (χ3n) is 2.38. The number of nitrogens with zero attached hydrogens (tertiary/aromatic N) is 2. The van der Waals surface area contributed by atoms with Crippen molar-refractivity contribution in [2.45, 2.75) is 13.8 Å². The first-order valence-electron chi connectivity index (χ1n) is 4.97. The Kier molecular flexibility index (Phi) is 2.44. The molecule has 0 aliphatic rings. The summed E-state index contributed by atoms with van der Waals surface area (Å²) in [5.41, 5.74) is 13.6. The zero-order valence-electron chi connectivity index (χ0n) is 9.28. The van der Waals surface area contributed by atoms with Gasteiger partial charge in [0, 0.05) is 5.39 Å². The molecule has 16 heavy (non-hydrogen) atoms. The standard InChI is InChI=1S/C11H13N5/c1-6-4-3-5-8-7(2)14-11(15-9(6)8)16-10(12)13/h3-5H,1-2H3,(H4,12,13,14,15,16)/p+1. The summed E-state index contributed by atoms with van der Waals surface area (Å²) >= 11 is 0. The van der Waals surface area contributed by atoms with Crippen molar-refractivity contribution in [3.8, 4) is 0 Å². The summed E-state index contributed by atoms with van der Waals surface area (Å²) in [4.78, 5) is 11.4. The number of nitrogens with two attached hydrogens (primary N) is 2. The molecular formula is C11H14N5+. The molecule has 0 saturated heterocycles. The minimum absolute atomic E-state index is 0.0901. The Morgan fingerprint density at radius 3 is 2.62 bits per heavy atom. The first kappa shape index (κ1) is 10.4. The SMILES string of the molecule is Cc1nc([NH+]=C(N)N)nc2c(C)cccc12. The van der Waals surface area contributed by atoms with Crippen molar-refractivity contribution in [3.05, 3.63) is 29.5 Å². The maximum atomic E-state index is 5.36. The predicted molar refractivity (Wildman–Crippen MR) is 63.0 cm³/mol. The second-order valence-electron chi connectivity index (χ2n) is 3.68. The number of rotatable bonds is 1. The van der Waals surface area contributed by atoms with E-state index in [1.807, 2.05) is 32.0 Å². The Balaban J connectivity index is 2.75. The lowest BCUT2D eigenvalue weighted by Crippen LogP contribution is -2.73. The van der Waals surface area contributed by atoms with Crippen molar-refractivity contribution in [2.24, 2.45) is 11.5 Å². The highest BCUT2D eigenvalue weighted by Gasteiger charge is 2.09. The van der Waals surface area contributed by atoms with Gasteiger partial charge in [0.15, 0.2) is 0 Å². The summed E-state index contributed by atoms with van der Waals surface area (Å²) in [6.45, 7) is 3.94. The maximum Gasteiger partial charge on any atom is 0.354 e. The van der Waals surface area contributed by atoms with Crippen LogP contribution in [0.1, 0.15) is 11.3 Å². The third-order valence-corrected chi connectivity index (χ3v) is 2.38. The molecule has 0 aliphatic carbocycles. The molecule has 82 valence electrons. The number of aryl methyl sites for hydroxylation is 2. The molecule has 1 heterocycles. The van der Waals surface area contributed by atoms with Gasteiger partial charge >= 0.3 is 5.95 Å². The zero-order valence-corrected chi connectivity index (χ0v) is 9.28. The minimum atomic E-state index is 0.0901.